The third-order valence-electron chi connectivity index (χ3n) is 4.22. The Morgan fingerprint density at radius 2 is 1.95 bits per heavy atom. The van der Waals surface area contributed by atoms with Gasteiger partial charge in [-0.15, -0.1) is 0 Å². The van der Waals surface area contributed by atoms with Crippen LogP contribution >= 0.6 is 11.6 Å². The first-order valence-electron chi connectivity index (χ1n) is 7.27. The number of benzene rings is 1. The van der Waals surface area contributed by atoms with Crippen LogP contribution in [0.5, 0.6) is 0 Å². The van der Waals surface area contributed by atoms with Crippen LogP contribution in [0.1, 0.15) is 23.2 Å². The van der Waals surface area contributed by atoms with E-state index in [1.54, 1.807) is 42.1 Å². The maximum Gasteiger partial charge on any atom is 0.319 e. The largest absolute Gasteiger partial charge is 0.362 e. The van der Waals surface area contributed by atoms with Gasteiger partial charge in [0, 0.05) is 45.0 Å². The zero-order valence-corrected chi connectivity index (χ0v) is 13.4. The van der Waals surface area contributed by atoms with E-state index in [1.807, 2.05) is 0 Å². The molecule has 0 aliphatic carbocycles. The molecule has 1 fully saturated rings. The van der Waals surface area contributed by atoms with Crippen molar-refractivity contribution in [3.8, 4) is 0 Å². The highest BCUT2D eigenvalue weighted by Crippen LogP contribution is 2.33. The minimum Gasteiger partial charge on any atom is -0.362 e. The van der Waals surface area contributed by atoms with Crippen molar-refractivity contribution in [1.82, 2.24) is 15.1 Å². The van der Waals surface area contributed by atoms with Gasteiger partial charge in [-0.1, -0.05) is 11.6 Å². The van der Waals surface area contributed by atoms with Crippen LogP contribution in [0.4, 0.5) is 10.5 Å². The fourth-order valence-corrected chi connectivity index (χ4v) is 3.18. The highest BCUT2D eigenvalue weighted by Gasteiger charge is 2.41. The number of carbonyl (C=O) groups excluding carboxylic acids is 2. The van der Waals surface area contributed by atoms with Gasteiger partial charge < -0.3 is 20.4 Å². The zero-order valence-electron chi connectivity index (χ0n) is 12.6. The normalized spacial score (nSPS) is 19.2. The molecule has 1 aromatic rings. The van der Waals surface area contributed by atoms with Crippen molar-refractivity contribution in [2.24, 2.45) is 0 Å². The Bertz CT molecular complexity index is 624. The van der Waals surface area contributed by atoms with E-state index in [0.717, 1.165) is 5.69 Å². The smallest absolute Gasteiger partial charge is 0.319 e. The molecular weight excluding hydrogens is 304 g/mol. The quantitative estimate of drug-likeness (QED) is 0.767. The van der Waals surface area contributed by atoms with Gasteiger partial charge in [0.15, 0.2) is 0 Å². The molecule has 3 rings (SSSR count). The fourth-order valence-electron chi connectivity index (χ4n) is 3.00. The van der Waals surface area contributed by atoms with Crippen LogP contribution in [0.3, 0.4) is 0 Å². The molecule has 2 aliphatic heterocycles. The van der Waals surface area contributed by atoms with Crippen LogP contribution < -0.4 is 10.6 Å². The molecule has 1 aromatic carbocycles. The molecule has 0 atom stereocenters. The van der Waals surface area contributed by atoms with Gasteiger partial charge in [0.05, 0.1) is 11.3 Å². The van der Waals surface area contributed by atoms with Crippen LogP contribution in [0, 0.1) is 0 Å². The average Bonchev–Trinajstić information content (AvgIpc) is 2.46. The van der Waals surface area contributed by atoms with E-state index >= 15 is 0 Å². The second-order valence-electron chi connectivity index (χ2n) is 6.02. The lowest BCUT2D eigenvalue weighted by Gasteiger charge is -2.46. The van der Waals surface area contributed by atoms with Crippen LogP contribution in [0.15, 0.2) is 18.2 Å². The van der Waals surface area contributed by atoms with Gasteiger partial charge in [-0.3, -0.25) is 4.79 Å². The van der Waals surface area contributed by atoms with Crippen LogP contribution in [0.2, 0.25) is 5.02 Å². The molecule has 2 aliphatic rings. The minimum atomic E-state index is -0.502. The maximum absolute atomic E-state index is 12.3. The Hall–Kier alpha value is -1.95. The molecule has 6 nitrogen and oxygen atoms in total. The summed E-state index contributed by atoms with van der Waals surface area (Å²) in [5.41, 5.74) is 0.850. The molecule has 118 valence electrons. The van der Waals surface area contributed by atoms with E-state index in [-0.39, 0.29) is 11.9 Å². The molecule has 22 heavy (non-hydrogen) atoms. The Balaban J connectivity index is 1.77. The van der Waals surface area contributed by atoms with Gasteiger partial charge in [-0.2, -0.15) is 0 Å². The summed E-state index contributed by atoms with van der Waals surface area (Å²) in [6, 6.07) is 5.20. The van der Waals surface area contributed by atoms with Gasteiger partial charge in [0.25, 0.3) is 5.91 Å². The number of nitrogens with zero attached hydrogens (tertiary/aromatic N) is 2. The summed E-state index contributed by atoms with van der Waals surface area (Å²) >= 11 is 6.02. The SMILES string of the molecule is CN(C)C(=O)N1CCC2(CC1)NC(=O)c1ccc(Cl)cc1N2. The molecule has 0 unspecified atom stereocenters. The van der Waals surface area contributed by atoms with Gasteiger partial charge in [-0.25, -0.2) is 4.79 Å². The predicted octanol–water partition coefficient (Wildman–Crippen LogP) is 1.97. The number of anilines is 1. The number of amides is 3. The number of hydrogen-bond donors (Lipinski definition) is 2. The molecule has 2 N–H and O–H groups in total. The third-order valence-corrected chi connectivity index (χ3v) is 4.46. The minimum absolute atomic E-state index is 0.000399. The molecular formula is C15H19ClN4O2. The Kier molecular flexibility index (Phi) is 3.64. The standard InChI is InChI=1S/C15H19ClN4O2/c1-19(2)14(22)20-7-5-15(6-8-20)17-12-9-10(16)3-4-11(12)13(21)18-15/h3-4,9,17H,5-8H2,1-2H3,(H,18,21). The van der Waals surface area contributed by atoms with E-state index in [4.69, 9.17) is 11.6 Å². The number of halogens is 1. The van der Waals surface area contributed by atoms with E-state index < -0.39 is 5.66 Å². The van der Waals surface area contributed by atoms with Crippen molar-refractivity contribution < 1.29 is 9.59 Å². The maximum atomic E-state index is 12.3. The lowest BCUT2D eigenvalue weighted by atomic mass is 9.92. The molecule has 7 heteroatoms. The van der Waals surface area contributed by atoms with Gasteiger partial charge in [-0.05, 0) is 18.2 Å². The molecule has 1 saturated heterocycles. The number of nitrogens with one attached hydrogen (secondary N) is 2. The van der Waals surface area contributed by atoms with Crippen molar-refractivity contribution in [2.45, 2.75) is 18.5 Å². The first-order valence-corrected chi connectivity index (χ1v) is 7.64. The number of hydrogen-bond acceptors (Lipinski definition) is 3. The molecule has 0 saturated carbocycles. The highest BCUT2D eigenvalue weighted by atomic mass is 35.5. The second-order valence-corrected chi connectivity index (χ2v) is 6.45. The topological polar surface area (TPSA) is 64.7 Å². The summed E-state index contributed by atoms with van der Waals surface area (Å²) in [6.07, 6.45) is 1.31. The summed E-state index contributed by atoms with van der Waals surface area (Å²) in [7, 11) is 3.48. The van der Waals surface area contributed by atoms with Crippen molar-refractivity contribution in [2.75, 3.05) is 32.5 Å². The van der Waals surface area contributed by atoms with E-state index in [9.17, 15) is 9.59 Å². The second kappa shape index (κ2) is 5.35. The molecule has 2 heterocycles. The molecule has 0 bridgehead atoms. The highest BCUT2D eigenvalue weighted by molar-refractivity contribution is 6.31. The van der Waals surface area contributed by atoms with Gasteiger partial charge in [0.1, 0.15) is 5.66 Å². The monoisotopic (exact) mass is 322 g/mol. The number of urea groups is 1. The van der Waals surface area contributed by atoms with Crippen LogP contribution in [-0.4, -0.2) is 54.6 Å². The van der Waals surface area contributed by atoms with E-state index in [0.29, 0.717) is 36.5 Å². The first kappa shape index (κ1) is 15.0. The van der Waals surface area contributed by atoms with Gasteiger partial charge in [0.2, 0.25) is 0 Å². The van der Waals surface area contributed by atoms with Crippen molar-refractivity contribution in [3.63, 3.8) is 0 Å². The lowest BCUT2D eigenvalue weighted by Crippen LogP contribution is -2.63. The first-order chi connectivity index (χ1) is 10.4. The molecule has 0 radical (unpaired) electrons. The Labute approximate surface area is 134 Å². The summed E-state index contributed by atoms with van der Waals surface area (Å²) in [6.45, 7) is 1.19. The van der Waals surface area contributed by atoms with E-state index in [2.05, 4.69) is 10.6 Å². The number of fused-ring (bicyclic) bond motifs is 1. The molecule has 1 spiro atoms. The Morgan fingerprint density at radius 1 is 1.27 bits per heavy atom. The van der Waals surface area contributed by atoms with Gasteiger partial charge >= 0.3 is 6.03 Å². The number of carbonyl (C=O) groups is 2. The third kappa shape index (κ3) is 2.59. The average molecular weight is 323 g/mol. The summed E-state index contributed by atoms with van der Waals surface area (Å²) in [5, 5.41) is 7.05. The number of rotatable bonds is 0. The fraction of sp³-hybridized carbons (Fsp3) is 0.467. The molecule has 0 aromatic heterocycles. The number of piperidine rings is 1. The van der Waals surface area contributed by atoms with Crippen molar-refractivity contribution in [3.05, 3.63) is 28.8 Å². The summed E-state index contributed by atoms with van der Waals surface area (Å²) < 4.78 is 0. The summed E-state index contributed by atoms with van der Waals surface area (Å²) in [5.74, 6) is -0.0993. The molecule has 3 amide bonds. The Morgan fingerprint density at radius 3 is 2.59 bits per heavy atom. The number of likely N-dealkylation sites (tertiary alicyclic amines) is 1. The van der Waals surface area contributed by atoms with Crippen molar-refractivity contribution >= 4 is 29.2 Å². The van der Waals surface area contributed by atoms with Crippen LogP contribution in [0.25, 0.3) is 0 Å². The summed E-state index contributed by atoms with van der Waals surface area (Å²) in [4.78, 5) is 27.7. The van der Waals surface area contributed by atoms with Crippen molar-refractivity contribution in [1.29, 1.82) is 0 Å². The van der Waals surface area contributed by atoms with Crippen LogP contribution in [-0.2, 0) is 0 Å². The lowest BCUT2D eigenvalue weighted by molar-refractivity contribution is 0.0837. The predicted molar refractivity (Wildman–Crippen MR) is 85.2 cm³/mol. The zero-order chi connectivity index (χ0) is 15.9. The van der Waals surface area contributed by atoms with E-state index in [1.165, 1.54) is 0 Å².